The number of methoxy groups -OCH3 is 2. The first kappa shape index (κ1) is 21.7. The van der Waals surface area contributed by atoms with Gasteiger partial charge in [0.1, 0.15) is 17.1 Å². The maximum absolute atomic E-state index is 11.9. The fourth-order valence-corrected chi connectivity index (χ4v) is 5.40. The van der Waals surface area contributed by atoms with Crippen molar-refractivity contribution in [2.24, 2.45) is 0 Å². The molecule has 31 heavy (non-hydrogen) atoms. The minimum absolute atomic E-state index is 0.0963. The third kappa shape index (κ3) is 4.17. The second-order valence-corrected chi connectivity index (χ2v) is 9.97. The first-order valence-electron chi connectivity index (χ1n) is 9.83. The molecule has 2 aromatic heterocycles. The Morgan fingerprint density at radius 3 is 2.52 bits per heavy atom. The summed E-state index contributed by atoms with van der Waals surface area (Å²) in [5.41, 5.74) is 3.28. The van der Waals surface area contributed by atoms with Gasteiger partial charge >= 0.3 is 0 Å². The Bertz CT molecular complexity index is 1230. The van der Waals surface area contributed by atoms with E-state index in [1.54, 1.807) is 30.7 Å². The number of ether oxygens (including phenoxy) is 2. The molecule has 0 radical (unpaired) electrons. The standard InChI is InChI=1S/C21H25ClN4O4S/c1-14-12-24(7-8-26(14)31(4,27)28)15-5-6-25-13-18(23-21(25)9-15)16-10-17(22)20(30-3)11-19(16)29-2/h5-6,9-11,13-14H,7-8,12H2,1-4H3. The van der Waals surface area contributed by atoms with Crippen molar-refractivity contribution in [2.45, 2.75) is 13.0 Å². The summed E-state index contributed by atoms with van der Waals surface area (Å²) in [6.07, 6.45) is 5.13. The van der Waals surface area contributed by atoms with E-state index >= 15 is 0 Å². The third-order valence-electron chi connectivity index (χ3n) is 5.55. The average Bonchev–Trinajstić information content (AvgIpc) is 3.15. The Balaban J connectivity index is 1.65. The number of benzene rings is 1. The first-order valence-corrected chi connectivity index (χ1v) is 12.1. The normalized spacial score (nSPS) is 17.8. The molecule has 4 rings (SSSR count). The SMILES string of the molecule is COc1cc(OC)c(-c2cn3ccc(N4CCN(S(C)(=O)=O)C(C)C4)cc3n2)cc1Cl. The van der Waals surface area contributed by atoms with E-state index in [0.717, 1.165) is 22.6 Å². The van der Waals surface area contributed by atoms with Crippen molar-refractivity contribution >= 4 is 33.0 Å². The fraction of sp³-hybridized carbons (Fsp3) is 0.381. The van der Waals surface area contributed by atoms with Crippen LogP contribution in [0.2, 0.25) is 5.02 Å². The number of rotatable bonds is 5. The van der Waals surface area contributed by atoms with E-state index in [1.165, 1.54) is 6.26 Å². The highest BCUT2D eigenvalue weighted by molar-refractivity contribution is 7.88. The number of fused-ring (bicyclic) bond motifs is 1. The van der Waals surface area contributed by atoms with Gasteiger partial charge in [-0.15, -0.1) is 0 Å². The van der Waals surface area contributed by atoms with Gasteiger partial charge in [0.05, 0.1) is 31.2 Å². The lowest BCUT2D eigenvalue weighted by molar-refractivity contribution is 0.309. The van der Waals surface area contributed by atoms with Crippen molar-refractivity contribution in [1.82, 2.24) is 13.7 Å². The summed E-state index contributed by atoms with van der Waals surface area (Å²) in [6, 6.07) is 7.45. The van der Waals surface area contributed by atoms with Crippen LogP contribution in [-0.4, -0.2) is 68.3 Å². The maximum atomic E-state index is 11.9. The predicted molar refractivity (Wildman–Crippen MR) is 122 cm³/mol. The highest BCUT2D eigenvalue weighted by atomic mass is 35.5. The number of nitrogens with zero attached hydrogens (tertiary/aromatic N) is 4. The largest absolute Gasteiger partial charge is 0.496 e. The topological polar surface area (TPSA) is 76.4 Å². The number of halogens is 1. The number of pyridine rings is 1. The molecule has 0 spiro atoms. The van der Waals surface area contributed by atoms with Crippen LogP contribution in [0.25, 0.3) is 16.9 Å². The quantitative estimate of drug-likeness (QED) is 0.577. The van der Waals surface area contributed by atoms with E-state index < -0.39 is 10.0 Å². The number of imidazole rings is 1. The molecule has 0 saturated carbocycles. The first-order chi connectivity index (χ1) is 14.7. The zero-order valence-electron chi connectivity index (χ0n) is 17.9. The molecule has 1 saturated heterocycles. The lowest BCUT2D eigenvalue weighted by atomic mass is 10.1. The molecule has 1 unspecified atom stereocenters. The molecule has 1 fully saturated rings. The van der Waals surface area contributed by atoms with Gasteiger partial charge < -0.3 is 18.8 Å². The van der Waals surface area contributed by atoms with Crippen LogP contribution in [0.5, 0.6) is 11.5 Å². The number of hydrogen-bond donors (Lipinski definition) is 0. The lowest BCUT2D eigenvalue weighted by Gasteiger charge is -2.39. The Morgan fingerprint density at radius 1 is 1.13 bits per heavy atom. The van der Waals surface area contributed by atoms with E-state index in [9.17, 15) is 8.42 Å². The van der Waals surface area contributed by atoms with E-state index in [0.29, 0.717) is 36.2 Å². The van der Waals surface area contributed by atoms with Crippen LogP contribution >= 0.6 is 11.6 Å². The fourth-order valence-electron chi connectivity index (χ4n) is 4.03. The van der Waals surface area contributed by atoms with E-state index in [2.05, 4.69) is 4.90 Å². The minimum Gasteiger partial charge on any atom is -0.496 e. The summed E-state index contributed by atoms with van der Waals surface area (Å²) in [6.45, 7) is 3.65. The number of hydrogen-bond acceptors (Lipinski definition) is 6. The van der Waals surface area contributed by atoms with Crippen LogP contribution < -0.4 is 14.4 Å². The van der Waals surface area contributed by atoms with Crippen molar-refractivity contribution in [3.63, 3.8) is 0 Å². The van der Waals surface area contributed by atoms with Gasteiger partial charge in [0.25, 0.3) is 0 Å². The van der Waals surface area contributed by atoms with Gasteiger partial charge in [-0.25, -0.2) is 13.4 Å². The molecule has 3 heterocycles. The molecule has 1 atom stereocenters. The van der Waals surface area contributed by atoms with E-state index in [1.807, 2.05) is 35.9 Å². The molecule has 0 N–H and O–H groups in total. The highest BCUT2D eigenvalue weighted by Gasteiger charge is 2.30. The monoisotopic (exact) mass is 464 g/mol. The minimum atomic E-state index is -3.20. The summed E-state index contributed by atoms with van der Waals surface area (Å²) in [5, 5.41) is 0.480. The van der Waals surface area contributed by atoms with Crippen LogP contribution in [0, 0.1) is 0 Å². The van der Waals surface area contributed by atoms with Crippen molar-refractivity contribution in [2.75, 3.05) is 45.0 Å². The van der Waals surface area contributed by atoms with Crippen molar-refractivity contribution < 1.29 is 17.9 Å². The van der Waals surface area contributed by atoms with E-state index in [-0.39, 0.29) is 6.04 Å². The predicted octanol–water partition coefficient (Wildman–Crippen LogP) is 3.14. The Morgan fingerprint density at radius 2 is 1.87 bits per heavy atom. The van der Waals surface area contributed by atoms with Gasteiger partial charge in [0.2, 0.25) is 10.0 Å². The molecule has 8 nitrogen and oxygen atoms in total. The van der Waals surface area contributed by atoms with Crippen LogP contribution in [0.3, 0.4) is 0 Å². The second-order valence-electron chi connectivity index (χ2n) is 7.63. The second kappa shape index (κ2) is 8.22. The molecular weight excluding hydrogens is 440 g/mol. The van der Waals surface area contributed by atoms with Gasteiger partial charge in [-0.2, -0.15) is 4.31 Å². The number of anilines is 1. The summed E-state index contributed by atoms with van der Waals surface area (Å²) in [4.78, 5) is 6.95. The molecule has 1 aliphatic heterocycles. The smallest absolute Gasteiger partial charge is 0.211 e. The molecule has 166 valence electrons. The Hall–Kier alpha value is -2.49. The summed E-state index contributed by atoms with van der Waals surface area (Å²) < 4.78 is 38.1. The zero-order chi connectivity index (χ0) is 22.3. The molecule has 0 aliphatic carbocycles. The van der Waals surface area contributed by atoms with Crippen LogP contribution in [0.4, 0.5) is 5.69 Å². The molecular formula is C21H25ClN4O4S. The number of sulfonamides is 1. The van der Waals surface area contributed by atoms with Gasteiger partial charge in [0, 0.05) is 61.5 Å². The summed E-state index contributed by atoms with van der Waals surface area (Å²) >= 11 is 6.32. The molecule has 1 aliphatic rings. The average molecular weight is 465 g/mol. The van der Waals surface area contributed by atoms with Crippen molar-refractivity contribution in [3.8, 4) is 22.8 Å². The molecule has 10 heteroatoms. The van der Waals surface area contributed by atoms with Crippen molar-refractivity contribution in [3.05, 3.63) is 41.7 Å². The van der Waals surface area contributed by atoms with Crippen LogP contribution in [0.15, 0.2) is 36.7 Å². The van der Waals surface area contributed by atoms with Gasteiger partial charge in [0.15, 0.2) is 0 Å². The number of piperazine rings is 1. The Labute approximate surface area is 187 Å². The maximum Gasteiger partial charge on any atom is 0.211 e. The highest BCUT2D eigenvalue weighted by Crippen LogP contribution is 2.38. The third-order valence-corrected chi connectivity index (χ3v) is 7.24. The van der Waals surface area contributed by atoms with E-state index in [4.69, 9.17) is 26.1 Å². The van der Waals surface area contributed by atoms with Crippen LogP contribution in [-0.2, 0) is 10.0 Å². The van der Waals surface area contributed by atoms with Crippen LogP contribution in [0.1, 0.15) is 6.92 Å². The lowest BCUT2D eigenvalue weighted by Crippen LogP contribution is -2.53. The molecule has 0 amide bonds. The van der Waals surface area contributed by atoms with Gasteiger partial charge in [-0.05, 0) is 19.1 Å². The molecule has 3 aromatic rings. The zero-order valence-corrected chi connectivity index (χ0v) is 19.4. The molecule has 0 bridgehead atoms. The van der Waals surface area contributed by atoms with Gasteiger partial charge in [-0.3, -0.25) is 0 Å². The van der Waals surface area contributed by atoms with Crippen molar-refractivity contribution in [1.29, 1.82) is 0 Å². The molecule has 1 aromatic carbocycles. The Kier molecular flexibility index (Phi) is 5.76. The van der Waals surface area contributed by atoms with Gasteiger partial charge in [-0.1, -0.05) is 11.6 Å². The number of aromatic nitrogens is 2. The summed E-state index contributed by atoms with van der Waals surface area (Å²) in [5.74, 6) is 1.16. The summed E-state index contributed by atoms with van der Waals surface area (Å²) in [7, 11) is -0.0458.